The number of benzene rings is 2. The van der Waals surface area contributed by atoms with Gasteiger partial charge in [-0.3, -0.25) is 4.79 Å². The number of nitrogens with one attached hydrogen (secondary N) is 1. The Labute approximate surface area is 214 Å². The predicted molar refractivity (Wildman–Crippen MR) is 145 cm³/mol. The molecule has 1 aliphatic heterocycles. The van der Waals surface area contributed by atoms with E-state index in [1.165, 1.54) is 5.56 Å². The maximum absolute atomic E-state index is 13.8. The Bertz CT molecular complexity index is 1210. The number of aromatic nitrogens is 1. The van der Waals surface area contributed by atoms with Gasteiger partial charge in [0.1, 0.15) is 6.54 Å². The van der Waals surface area contributed by atoms with Gasteiger partial charge in [-0.1, -0.05) is 56.3 Å². The normalized spacial score (nSPS) is 15.2. The van der Waals surface area contributed by atoms with E-state index >= 15 is 0 Å². The van der Waals surface area contributed by atoms with Crippen LogP contribution in [0.25, 0.3) is 0 Å². The summed E-state index contributed by atoms with van der Waals surface area (Å²) in [6.45, 7) is 13.6. The lowest BCUT2D eigenvalue weighted by molar-refractivity contribution is -0.134. The molecule has 36 heavy (non-hydrogen) atoms. The fraction of sp³-hybridized carbons (Fsp3) is 0.400. The number of para-hydroxylation sites is 1. The molecule has 6 heteroatoms. The molecular formula is C30H38N4O2. The molecule has 1 aliphatic rings. The topological polar surface area (TPSA) is 57.6 Å². The monoisotopic (exact) mass is 486 g/mol. The summed E-state index contributed by atoms with van der Waals surface area (Å²) in [5, 5.41) is 3.05. The standard InChI is InChI=1S/C30H38N4O2/c1-20(2)24-12-14-25(15-13-24)29-26-11-8-16-32(26)17-18-33(29)27(35)19-34(21(3)4)30(36)31-28-22(5)9-7-10-23(28)6/h7-16,20-21,29H,17-19H2,1-6H3,(H,31,36). The quantitative estimate of drug-likeness (QED) is 0.457. The van der Waals surface area contributed by atoms with E-state index in [0.29, 0.717) is 12.5 Å². The molecule has 0 aliphatic carbocycles. The smallest absolute Gasteiger partial charge is 0.322 e. The first kappa shape index (κ1) is 25.5. The van der Waals surface area contributed by atoms with Gasteiger partial charge in [0.15, 0.2) is 0 Å². The molecule has 1 atom stereocenters. The summed E-state index contributed by atoms with van der Waals surface area (Å²) in [6.07, 6.45) is 2.07. The molecule has 190 valence electrons. The third kappa shape index (κ3) is 5.18. The van der Waals surface area contributed by atoms with Crippen LogP contribution in [-0.2, 0) is 11.3 Å². The van der Waals surface area contributed by atoms with Gasteiger partial charge < -0.3 is 19.7 Å². The van der Waals surface area contributed by atoms with Gasteiger partial charge in [0.2, 0.25) is 5.91 Å². The zero-order chi connectivity index (χ0) is 26.0. The maximum atomic E-state index is 13.8. The van der Waals surface area contributed by atoms with Crippen LogP contribution in [0.15, 0.2) is 60.8 Å². The Morgan fingerprint density at radius 2 is 1.61 bits per heavy atom. The fourth-order valence-electron chi connectivity index (χ4n) is 4.98. The van der Waals surface area contributed by atoms with Crippen LogP contribution in [-0.4, -0.2) is 45.4 Å². The second-order valence-electron chi connectivity index (χ2n) is 10.4. The predicted octanol–water partition coefficient (Wildman–Crippen LogP) is 6.10. The van der Waals surface area contributed by atoms with E-state index in [0.717, 1.165) is 34.6 Å². The van der Waals surface area contributed by atoms with Crippen LogP contribution >= 0.6 is 0 Å². The fourth-order valence-corrected chi connectivity index (χ4v) is 4.98. The van der Waals surface area contributed by atoms with E-state index in [1.54, 1.807) is 4.90 Å². The summed E-state index contributed by atoms with van der Waals surface area (Å²) in [5.74, 6) is 0.396. The van der Waals surface area contributed by atoms with Gasteiger partial charge in [0, 0.05) is 36.7 Å². The summed E-state index contributed by atoms with van der Waals surface area (Å²) in [7, 11) is 0. The highest BCUT2D eigenvalue weighted by Crippen LogP contribution is 2.33. The van der Waals surface area contributed by atoms with Crippen molar-refractivity contribution >= 4 is 17.6 Å². The molecule has 4 rings (SSSR count). The van der Waals surface area contributed by atoms with Crippen LogP contribution in [0.4, 0.5) is 10.5 Å². The molecule has 1 N–H and O–H groups in total. The van der Waals surface area contributed by atoms with Crippen molar-refractivity contribution in [2.75, 3.05) is 18.4 Å². The van der Waals surface area contributed by atoms with Gasteiger partial charge in [-0.05, 0) is 68.0 Å². The SMILES string of the molecule is Cc1cccc(C)c1NC(=O)N(CC(=O)N1CCn2cccc2C1c1ccc(C(C)C)cc1)C(C)C. The lowest BCUT2D eigenvalue weighted by atomic mass is 9.95. The molecule has 2 heterocycles. The highest BCUT2D eigenvalue weighted by molar-refractivity contribution is 5.94. The Morgan fingerprint density at radius 1 is 0.944 bits per heavy atom. The number of urea groups is 1. The lowest BCUT2D eigenvalue weighted by Gasteiger charge is -2.39. The van der Waals surface area contributed by atoms with Crippen LogP contribution in [0.2, 0.25) is 0 Å². The van der Waals surface area contributed by atoms with E-state index < -0.39 is 0 Å². The van der Waals surface area contributed by atoms with Gasteiger partial charge in [-0.25, -0.2) is 4.79 Å². The Hall–Kier alpha value is -3.54. The van der Waals surface area contributed by atoms with Crippen molar-refractivity contribution in [2.24, 2.45) is 0 Å². The first-order valence-electron chi connectivity index (χ1n) is 12.9. The summed E-state index contributed by atoms with van der Waals surface area (Å²) < 4.78 is 2.22. The highest BCUT2D eigenvalue weighted by Gasteiger charge is 2.34. The first-order valence-corrected chi connectivity index (χ1v) is 12.9. The number of hydrogen-bond acceptors (Lipinski definition) is 2. The van der Waals surface area contributed by atoms with Crippen LogP contribution in [0.1, 0.15) is 67.6 Å². The van der Waals surface area contributed by atoms with Gasteiger partial charge in [0.25, 0.3) is 0 Å². The molecule has 0 fully saturated rings. The summed E-state index contributed by atoms with van der Waals surface area (Å²) in [5.41, 5.74) is 6.27. The number of amides is 3. The van der Waals surface area contributed by atoms with E-state index in [2.05, 4.69) is 60.3 Å². The first-order chi connectivity index (χ1) is 17.2. The van der Waals surface area contributed by atoms with Crippen LogP contribution in [0, 0.1) is 13.8 Å². The average molecular weight is 487 g/mol. The molecule has 1 aromatic heterocycles. The van der Waals surface area contributed by atoms with Crippen molar-refractivity contribution < 1.29 is 9.59 Å². The van der Waals surface area contributed by atoms with Gasteiger partial charge in [0.05, 0.1) is 6.04 Å². The van der Waals surface area contributed by atoms with E-state index in [4.69, 9.17) is 0 Å². The summed E-state index contributed by atoms with van der Waals surface area (Å²) in [6, 6.07) is 18.1. The number of aryl methyl sites for hydroxylation is 2. The number of rotatable bonds is 6. The summed E-state index contributed by atoms with van der Waals surface area (Å²) in [4.78, 5) is 30.7. The van der Waals surface area contributed by atoms with E-state index in [1.807, 2.05) is 56.9 Å². The molecule has 0 saturated carbocycles. The molecule has 3 amide bonds. The number of carbonyl (C=O) groups excluding carboxylic acids is 2. The zero-order valence-corrected chi connectivity index (χ0v) is 22.3. The van der Waals surface area contributed by atoms with E-state index in [-0.39, 0.29) is 30.6 Å². The molecule has 1 unspecified atom stereocenters. The lowest BCUT2D eigenvalue weighted by Crippen LogP contribution is -2.50. The van der Waals surface area contributed by atoms with Crippen LogP contribution < -0.4 is 5.32 Å². The average Bonchev–Trinajstić information content (AvgIpc) is 3.33. The number of nitrogens with zero attached hydrogens (tertiary/aromatic N) is 3. The zero-order valence-electron chi connectivity index (χ0n) is 22.3. The summed E-state index contributed by atoms with van der Waals surface area (Å²) >= 11 is 0. The van der Waals surface area contributed by atoms with Crippen molar-refractivity contribution in [1.82, 2.24) is 14.4 Å². The molecule has 0 spiro atoms. The molecule has 6 nitrogen and oxygen atoms in total. The Kier molecular flexibility index (Phi) is 7.53. The minimum atomic E-state index is -0.256. The highest BCUT2D eigenvalue weighted by atomic mass is 16.2. The molecule has 3 aromatic rings. The second-order valence-corrected chi connectivity index (χ2v) is 10.4. The maximum Gasteiger partial charge on any atom is 0.322 e. The third-order valence-corrected chi connectivity index (χ3v) is 7.18. The number of fused-ring (bicyclic) bond motifs is 1. The van der Waals surface area contributed by atoms with Gasteiger partial charge >= 0.3 is 6.03 Å². The number of hydrogen-bond donors (Lipinski definition) is 1. The van der Waals surface area contributed by atoms with Crippen LogP contribution in [0.3, 0.4) is 0 Å². The number of anilines is 1. The largest absolute Gasteiger partial charge is 0.348 e. The van der Waals surface area contributed by atoms with Crippen molar-refractivity contribution in [1.29, 1.82) is 0 Å². The molecule has 0 saturated heterocycles. The molecule has 0 radical (unpaired) electrons. The Balaban J connectivity index is 1.59. The van der Waals surface area contributed by atoms with Crippen molar-refractivity contribution in [3.05, 3.63) is 88.7 Å². The molecular weight excluding hydrogens is 448 g/mol. The number of carbonyl (C=O) groups is 2. The van der Waals surface area contributed by atoms with Gasteiger partial charge in [-0.15, -0.1) is 0 Å². The minimum Gasteiger partial charge on any atom is -0.348 e. The van der Waals surface area contributed by atoms with Gasteiger partial charge in [-0.2, -0.15) is 0 Å². The molecule has 0 bridgehead atoms. The van der Waals surface area contributed by atoms with E-state index in [9.17, 15) is 9.59 Å². The molecule has 2 aromatic carbocycles. The minimum absolute atomic E-state index is 0.0235. The van der Waals surface area contributed by atoms with Crippen LogP contribution in [0.5, 0.6) is 0 Å². The van der Waals surface area contributed by atoms with Crippen molar-refractivity contribution in [3.8, 4) is 0 Å². The van der Waals surface area contributed by atoms with Crippen molar-refractivity contribution in [2.45, 2.75) is 66.1 Å². The van der Waals surface area contributed by atoms with Crippen molar-refractivity contribution in [3.63, 3.8) is 0 Å². The third-order valence-electron chi connectivity index (χ3n) is 7.18. The second kappa shape index (κ2) is 10.6. The Morgan fingerprint density at radius 3 is 2.22 bits per heavy atom.